The van der Waals surface area contributed by atoms with E-state index in [9.17, 15) is 9.59 Å². The summed E-state index contributed by atoms with van der Waals surface area (Å²) in [4.78, 5) is 35.8. The van der Waals surface area contributed by atoms with Crippen LogP contribution in [0.15, 0.2) is 73.1 Å². The number of anilines is 2. The molecule has 0 radical (unpaired) electrons. The van der Waals surface area contributed by atoms with Crippen LogP contribution in [0.3, 0.4) is 0 Å². The van der Waals surface area contributed by atoms with Crippen LogP contribution in [0.25, 0.3) is 0 Å². The molecule has 1 atom stereocenters. The Morgan fingerprint density at radius 1 is 1.00 bits per heavy atom. The summed E-state index contributed by atoms with van der Waals surface area (Å²) in [5.74, 6) is 1.01. The van der Waals surface area contributed by atoms with Gasteiger partial charge in [-0.25, -0.2) is 15.2 Å². The number of carbonyl (C=O) groups is 2. The Balaban J connectivity index is 1.08. The summed E-state index contributed by atoms with van der Waals surface area (Å²) in [5.41, 5.74) is 16.0. The fraction of sp³-hybridized carbons (Fsp3) is 0.410. The van der Waals surface area contributed by atoms with E-state index in [0.29, 0.717) is 32.6 Å². The zero-order valence-electron chi connectivity index (χ0n) is 28.6. The minimum Gasteiger partial charge on any atom is -0.343 e. The molecule has 9 nitrogen and oxygen atoms in total. The van der Waals surface area contributed by atoms with Gasteiger partial charge in [-0.3, -0.25) is 4.79 Å². The van der Waals surface area contributed by atoms with Crippen molar-refractivity contribution in [3.63, 3.8) is 0 Å². The highest BCUT2D eigenvalue weighted by molar-refractivity contribution is 5.92. The van der Waals surface area contributed by atoms with Gasteiger partial charge in [0.05, 0.1) is 5.69 Å². The summed E-state index contributed by atoms with van der Waals surface area (Å²) in [5, 5.41) is 3.05. The van der Waals surface area contributed by atoms with Crippen LogP contribution in [0.5, 0.6) is 0 Å². The maximum Gasteiger partial charge on any atom is 0.322 e. The highest BCUT2D eigenvalue weighted by Crippen LogP contribution is 2.32. The summed E-state index contributed by atoms with van der Waals surface area (Å²) in [6.07, 6.45) is 6.56. The number of hydrogen-bond acceptors (Lipinski definition) is 5. The Hall–Kier alpha value is -4.63. The molecule has 1 fully saturated rings. The van der Waals surface area contributed by atoms with Crippen molar-refractivity contribution in [1.29, 1.82) is 0 Å². The highest BCUT2D eigenvalue weighted by Gasteiger charge is 2.34. The van der Waals surface area contributed by atoms with Crippen molar-refractivity contribution in [1.82, 2.24) is 24.8 Å². The molecule has 7 rings (SSSR count). The van der Waals surface area contributed by atoms with Crippen LogP contribution in [0, 0.1) is 6.92 Å². The van der Waals surface area contributed by atoms with Gasteiger partial charge in [0.1, 0.15) is 5.82 Å². The van der Waals surface area contributed by atoms with Gasteiger partial charge in [0.25, 0.3) is 0 Å². The monoisotopic (exact) mass is 645 g/mol. The first-order chi connectivity index (χ1) is 23.1. The van der Waals surface area contributed by atoms with Gasteiger partial charge in [-0.1, -0.05) is 75.4 Å². The third kappa shape index (κ3) is 6.69. The number of piperidine rings is 1. The molecule has 1 unspecified atom stereocenters. The van der Waals surface area contributed by atoms with Gasteiger partial charge in [0.15, 0.2) is 0 Å². The number of nitrogens with zero attached hydrogens (tertiary/aromatic N) is 4. The molecule has 250 valence electrons. The van der Waals surface area contributed by atoms with Crippen LogP contribution >= 0.6 is 0 Å². The molecule has 48 heavy (non-hydrogen) atoms. The van der Waals surface area contributed by atoms with E-state index < -0.39 is 0 Å². The van der Waals surface area contributed by atoms with Crippen molar-refractivity contribution in [2.75, 3.05) is 23.8 Å². The second-order valence-corrected chi connectivity index (χ2v) is 14.7. The molecule has 1 aromatic heterocycles. The number of carbonyl (C=O) groups excluding carboxylic acids is 2. The average molecular weight is 646 g/mol. The second-order valence-electron chi connectivity index (χ2n) is 14.7. The number of para-hydroxylation sites is 1. The predicted octanol–water partition coefficient (Wildman–Crippen LogP) is 6.72. The molecule has 0 aliphatic carbocycles. The summed E-state index contributed by atoms with van der Waals surface area (Å²) in [6, 6.07) is 21.4. The lowest BCUT2D eigenvalue weighted by molar-refractivity contribution is -0.133. The van der Waals surface area contributed by atoms with Crippen LogP contribution in [0.4, 0.5) is 16.2 Å². The lowest BCUT2D eigenvalue weighted by atomic mass is 9.87. The molecule has 0 spiro atoms. The molecule has 3 N–H and O–H groups in total. The highest BCUT2D eigenvalue weighted by atomic mass is 16.2. The number of imidazole rings is 1. The summed E-state index contributed by atoms with van der Waals surface area (Å²) in [7, 11) is 0. The van der Waals surface area contributed by atoms with Crippen molar-refractivity contribution >= 4 is 23.3 Å². The molecule has 4 aromatic rings. The van der Waals surface area contributed by atoms with E-state index in [1.54, 1.807) is 0 Å². The van der Waals surface area contributed by atoms with Crippen LogP contribution in [-0.2, 0) is 36.3 Å². The Morgan fingerprint density at radius 2 is 1.77 bits per heavy atom. The Kier molecular flexibility index (Phi) is 8.73. The van der Waals surface area contributed by atoms with E-state index in [2.05, 4.69) is 90.9 Å². The lowest BCUT2D eigenvalue weighted by Crippen LogP contribution is -2.51. The fourth-order valence-electron chi connectivity index (χ4n) is 7.55. The van der Waals surface area contributed by atoms with E-state index in [1.807, 2.05) is 40.4 Å². The van der Waals surface area contributed by atoms with Crippen LogP contribution in [0.1, 0.15) is 85.2 Å². The average Bonchev–Trinajstić information content (AvgIpc) is 3.74. The van der Waals surface area contributed by atoms with Gasteiger partial charge in [0.2, 0.25) is 5.91 Å². The molecule has 9 heteroatoms. The number of benzene rings is 3. The van der Waals surface area contributed by atoms with Crippen LogP contribution < -0.4 is 16.2 Å². The van der Waals surface area contributed by atoms with Gasteiger partial charge >= 0.3 is 6.03 Å². The smallest absolute Gasteiger partial charge is 0.322 e. The fourth-order valence-corrected chi connectivity index (χ4v) is 7.55. The van der Waals surface area contributed by atoms with Crippen LogP contribution in [-0.4, -0.2) is 50.4 Å². The SMILES string of the molecule is Cc1cc(CC(CC(=O)N2CCC(N3Cc4ccccc4NC3=O)CC2)c2nccn2Cc2ccc(C(C)(C)C)cc2)cc2c1NNC2. The Morgan fingerprint density at radius 3 is 2.54 bits per heavy atom. The van der Waals surface area contributed by atoms with Crippen molar-refractivity contribution < 1.29 is 9.59 Å². The van der Waals surface area contributed by atoms with E-state index in [1.165, 1.54) is 27.8 Å². The van der Waals surface area contributed by atoms with Crippen molar-refractivity contribution in [2.45, 2.75) is 90.4 Å². The first-order valence-electron chi connectivity index (χ1n) is 17.3. The molecule has 3 aliphatic rings. The molecular weight excluding hydrogens is 598 g/mol. The van der Waals surface area contributed by atoms with Crippen molar-refractivity contribution in [3.8, 4) is 0 Å². The van der Waals surface area contributed by atoms with Gasteiger partial charge in [-0.05, 0) is 71.0 Å². The first kappa shape index (κ1) is 31.9. The lowest BCUT2D eigenvalue weighted by Gasteiger charge is -2.40. The third-order valence-electron chi connectivity index (χ3n) is 10.3. The molecule has 3 amide bonds. The molecular formula is C39H47N7O2. The number of likely N-dealkylation sites (tertiary alicyclic amines) is 1. The number of nitrogens with one attached hydrogen (secondary N) is 3. The summed E-state index contributed by atoms with van der Waals surface area (Å²) < 4.78 is 2.21. The topological polar surface area (TPSA) is 94.5 Å². The molecule has 1 saturated heterocycles. The summed E-state index contributed by atoms with van der Waals surface area (Å²) in [6.45, 7) is 12.2. The zero-order chi connectivity index (χ0) is 33.4. The van der Waals surface area contributed by atoms with Gasteiger partial charge in [-0.15, -0.1) is 0 Å². The molecule has 4 heterocycles. The van der Waals surface area contributed by atoms with Gasteiger partial charge in [0, 0.05) is 69.2 Å². The molecule has 3 aliphatic heterocycles. The number of hydrogen-bond donors (Lipinski definition) is 3. The van der Waals surface area contributed by atoms with Gasteiger partial charge in [-0.2, -0.15) is 0 Å². The molecule has 0 saturated carbocycles. The van der Waals surface area contributed by atoms with Gasteiger partial charge < -0.3 is 25.1 Å². The Bertz CT molecular complexity index is 1800. The summed E-state index contributed by atoms with van der Waals surface area (Å²) >= 11 is 0. The Labute approximate surface area is 283 Å². The number of amides is 3. The largest absolute Gasteiger partial charge is 0.343 e. The normalized spacial score (nSPS) is 17.0. The van der Waals surface area contributed by atoms with Crippen LogP contribution in [0.2, 0.25) is 0 Å². The quantitative estimate of drug-likeness (QED) is 0.198. The number of aromatic nitrogens is 2. The van der Waals surface area contributed by atoms with E-state index in [4.69, 9.17) is 4.98 Å². The minimum atomic E-state index is -0.0804. The maximum atomic E-state index is 14.0. The number of rotatable bonds is 8. The molecule has 0 bridgehead atoms. The number of aryl methyl sites for hydroxylation is 1. The van der Waals surface area contributed by atoms with Crippen molar-refractivity contribution in [3.05, 3.63) is 112 Å². The van der Waals surface area contributed by atoms with E-state index >= 15 is 0 Å². The third-order valence-corrected chi connectivity index (χ3v) is 10.3. The molecule has 3 aromatic carbocycles. The predicted molar refractivity (Wildman–Crippen MR) is 190 cm³/mol. The maximum absolute atomic E-state index is 14.0. The number of urea groups is 1. The van der Waals surface area contributed by atoms with E-state index in [0.717, 1.165) is 48.6 Å². The zero-order valence-corrected chi connectivity index (χ0v) is 28.6. The van der Waals surface area contributed by atoms with Crippen molar-refractivity contribution in [2.24, 2.45) is 0 Å². The van der Waals surface area contributed by atoms with E-state index in [-0.39, 0.29) is 29.3 Å². The minimum absolute atomic E-state index is 0.0477. The number of hydrazine groups is 1. The standard InChI is InChI=1S/C39H47N7O2/c1-26-19-28(21-31-23-41-43-36(26)31)20-30(37-40-15-18-45(37)24-27-9-11-32(12-10-27)39(2,3)4)22-35(47)44-16-13-33(14-17-44)46-25-29-7-5-6-8-34(29)42-38(46)48/h5-12,15,18-19,21,30,33,41,43H,13-14,16-17,20,22-25H2,1-4H3,(H,42,48). The number of fused-ring (bicyclic) bond motifs is 2. The second kappa shape index (κ2) is 13.1. The first-order valence-corrected chi connectivity index (χ1v) is 17.3.